The van der Waals surface area contributed by atoms with Crippen LogP contribution >= 0.6 is 23.8 Å². The van der Waals surface area contributed by atoms with E-state index in [1.807, 2.05) is 4.68 Å². The van der Waals surface area contributed by atoms with E-state index in [1.165, 1.54) is 0 Å². The van der Waals surface area contributed by atoms with Gasteiger partial charge in [0.05, 0.1) is 27.4 Å². The van der Waals surface area contributed by atoms with Gasteiger partial charge in [0.25, 0.3) is 0 Å². The van der Waals surface area contributed by atoms with E-state index in [9.17, 15) is 0 Å². The van der Waals surface area contributed by atoms with Gasteiger partial charge in [0.1, 0.15) is 0 Å². The van der Waals surface area contributed by atoms with Crippen LogP contribution in [0.3, 0.4) is 0 Å². The van der Waals surface area contributed by atoms with Crippen molar-refractivity contribution in [2.75, 3.05) is 6.54 Å². The summed E-state index contributed by atoms with van der Waals surface area (Å²) < 4.78 is 2.00. The highest BCUT2D eigenvalue weighted by Gasteiger charge is 2.28. The molecule has 19 heavy (non-hydrogen) atoms. The van der Waals surface area contributed by atoms with Crippen LogP contribution < -0.4 is 5.73 Å². The highest BCUT2D eigenvalue weighted by atomic mass is 35.5. The quantitative estimate of drug-likeness (QED) is 0.848. The zero-order valence-electron chi connectivity index (χ0n) is 11.5. The molecule has 2 heterocycles. The van der Waals surface area contributed by atoms with Crippen molar-refractivity contribution in [1.82, 2.24) is 14.7 Å². The highest BCUT2D eigenvalue weighted by molar-refractivity contribution is 7.80. The summed E-state index contributed by atoms with van der Waals surface area (Å²) in [6, 6.07) is 0.205. The van der Waals surface area contributed by atoms with Gasteiger partial charge in [-0.2, -0.15) is 5.10 Å². The first kappa shape index (κ1) is 14.8. The van der Waals surface area contributed by atoms with Crippen LogP contribution in [0, 0.1) is 0 Å². The van der Waals surface area contributed by atoms with Crippen LogP contribution in [0.4, 0.5) is 0 Å². The fraction of sp³-hybridized carbons (Fsp3) is 0.692. The lowest BCUT2D eigenvalue weighted by molar-refractivity contribution is 0.285. The molecule has 0 saturated carbocycles. The Bertz CT molecular complexity index is 471. The molecular formula is C13H21ClN4S. The van der Waals surface area contributed by atoms with Gasteiger partial charge in [-0.3, -0.25) is 9.58 Å². The lowest BCUT2D eigenvalue weighted by atomic mass is 10.2. The number of aryl methyl sites for hydroxylation is 2. The van der Waals surface area contributed by atoms with Crippen molar-refractivity contribution < 1.29 is 0 Å². The van der Waals surface area contributed by atoms with Crippen LogP contribution in [0.5, 0.6) is 0 Å². The van der Waals surface area contributed by atoms with Gasteiger partial charge >= 0.3 is 0 Å². The largest absolute Gasteiger partial charge is 0.392 e. The molecule has 1 aliphatic rings. The normalized spacial score (nSPS) is 20.1. The number of hydrogen-bond acceptors (Lipinski definition) is 3. The molecule has 0 aromatic carbocycles. The standard InChI is InChI=1S/C13H21ClN4S/c1-3-9-12(14)11(18(4-2)16-9)8-17-7-5-6-10(17)13(15)19/h10H,3-8H2,1-2H3,(H2,15,19). The number of rotatable bonds is 5. The molecule has 0 radical (unpaired) electrons. The third kappa shape index (κ3) is 2.93. The average molecular weight is 301 g/mol. The molecule has 1 atom stereocenters. The molecule has 1 unspecified atom stereocenters. The predicted octanol–water partition coefficient (Wildman–Crippen LogP) is 2.37. The van der Waals surface area contributed by atoms with Gasteiger partial charge in [0.15, 0.2) is 0 Å². The Labute approximate surface area is 124 Å². The van der Waals surface area contributed by atoms with Crippen LogP contribution in [0.25, 0.3) is 0 Å². The molecule has 0 aliphatic carbocycles. The second-order valence-corrected chi connectivity index (χ2v) is 5.76. The van der Waals surface area contributed by atoms with Gasteiger partial charge in [-0.1, -0.05) is 30.7 Å². The van der Waals surface area contributed by atoms with E-state index >= 15 is 0 Å². The van der Waals surface area contributed by atoms with Crippen molar-refractivity contribution >= 4 is 28.8 Å². The average Bonchev–Trinajstić information content (AvgIpc) is 2.96. The van der Waals surface area contributed by atoms with Gasteiger partial charge in [0.2, 0.25) is 0 Å². The van der Waals surface area contributed by atoms with Crippen molar-refractivity contribution in [2.45, 2.75) is 52.2 Å². The summed E-state index contributed by atoms with van der Waals surface area (Å²) in [5.74, 6) is 0. The lowest BCUT2D eigenvalue weighted by Gasteiger charge is -2.23. The van der Waals surface area contributed by atoms with E-state index in [1.54, 1.807) is 0 Å². The van der Waals surface area contributed by atoms with Crippen LogP contribution in [0.1, 0.15) is 38.1 Å². The number of nitrogens with two attached hydrogens (primary N) is 1. The van der Waals surface area contributed by atoms with Crippen molar-refractivity contribution in [3.63, 3.8) is 0 Å². The Morgan fingerprint density at radius 3 is 2.84 bits per heavy atom. The maximum absolute atomic E-state index is 6.44. The van der Waals surface area contributed by atoms with Crippen LogP contribution in [-0.4, -0.2) is 32.3 Å². The molecule has 1 aromatic heterocycles. The van der Waals surface area contributed by atoms with Gasteiger partial charge < -0.3 is 5.73 Å². The minimum atomic E-state index is 0.205. The fourth-order valence-corrected chi connectivity index (χ4v) is 3.29. The Balaban J connectivity index is 2.23. The van der Waals surface area contributed by atoms with E-state index in [-0.39, 0.29) is 6.04 Å². The molecule has 0 spiro atoms. The Kier molecular flexibility index (Phi) is 4.81. The zero-order chi connectivity index (χ0) is 14.0. The lowest BCUT2D eigenvalue weighted by Crippen LogP contribution is -2.39. The number of likely N-dealkylation sites (tertiary alicyclic amines) is 1. The number of hydrogen-bond donors (Lipinski definition) is 1. The van der Waals surface area contributed by atoms with Gasteiger partial charge in [0, 0.05) is 13.1 Å². The molecule has 1 aliphatic heterocycles. The molecule has 0 bridgehead atoms. The van der Waals surface area contributed by atoms with E-state index in [0.717, 1.165) is 55.3 Å². The van der Waals surface area contributed by atoms with E-state index < -0.39 is 0 Å². The molecule has 1 aromatic rings. The molecule has 1 fully saturated rings. The fourth-order valence-electron chi connectivity index (χ4n) is 2.70. The van der Waals surface area contributed by atoms with Crippen molar-refractivity contribution in [2.24, 2.45) is 5.73 Å². The smallest absolute Gasteiger partial charge is 0.0902 e. The third-order valence-corrected chi connectivity index (χ3v) is 4.45. The van der Waals surface area contributed by atoms with Gasteiger partial charge in [-0.05, 0) is 32.7 Å². The summed E-state index contributed by atoms with van der Waals surface area (Å²) in [4.78, 5) is 2.91. The topological polar surface area (TPSA) is 47.1 Å². The van der Waals surface area contributed by atoms with Crippen molar-refractivity contribution in [1.29, 1.82) is 0 Å². The summed E-state index contributed by atoms with van der Waals surface area (Å²) in [6.45, 7) is 6.80. The van der Waals surface area contributed by atoms with E-state index in [0.29, 0.717) is 4.99 Å². The number of nitrogens with zero attached hydrogens (tertiary/aromatic N) is 3. The second-order valence-electron chi connectivity index (χ2n) is 4.91. The molecule has 2 rings (SSSR count). The molecular weight excluding hydrogens is 280 g/mol. The molecule has 0 amide bonds. The summed E-state index contributed by atoms with van der Waals surface area (Å²) >= 11 is 11.6. The highest BCUT2D eigenvalue weighted by Crippen LogP contribution is 2.26. The van der Waals surface area contributed by atoms with Crippen LogP contribution in [-0.2, 0) is 19.5 Å². The van der Waals surface area contributed by atoms with Crippen molar-refractivity contribution in [3.05, 3.63) is 16.4 Å². The first-order chi connectivity index (χ1) is 9.08. The molecule has 1 saturated heterocycles. The summed E-state index contributed by atoms with van der Waals surface area (Å²) in [6.07, 6.45) is 3.05. The molecule has 6 heteroatoms. The SMILES string of the molecule is CCc1nn(CC)c(CN2CCCC2C(N)=S)c1Cl. The first-order valence-electron chi connectivity index (χ1n) is 6.85. The second kappa shape index (κ2) is 6.20. The number of halogens is 1. The summed E-state index contributed by atoms with van der Waals surface area (Å²) in [5, 5.41) is 5.36. The van der Waals surface area contributed by atoms with Gasteiger partial charge in [-0.25, -0.2) is 0 Å². The van der Waals surface area contributed by atoms with E-state index in [4.69, 9.17) is 29.6 Å². The first-order valence-corrected chi connectivity index (χ1v) is 7.64. The summed E-state index contributed by atoms with van der Waals surface area (Å²) in [7, 11) is 0. The van der Waals surface area contributed by atoms with Crippen molar-refractivity contribution in [3.8, 4) is 0 Å². The number of aromatic nitrogens is 2. The maximum atomic E-state index is 6.44. The Morgan fingerprint density at radius 2 is 2.26 bits per heavy atom. The zero-order valence-corrected chi connectivity index (χ0v) is 13.1. The predicted molar refractivity (Wildman–Crippen MR) is 82.5 cm³/mol. The molecule has 106 valence electrons. The Morgan fingerprint density at radius 1 is 1.53 bits per heavy atom. The minimum absolute atomic E-state index is 0.205. The van der Waals surface area contributed by atoms with Gasteiger partial charge in [-0.15, -0.1) is 0 Å². The van der Waals surface area contributed by atoms with Crippen LogP contribution in [0.15, 0.2) is 0 Å². The number of thiocarbonyl (C=S) groups is 1. The third-order valence-electron chi connectivity index (χ3n) is 3.74. The van der Waals surface area contributed by atoms with Crippen LogP contribution in [0.2, 0.25) is 5.02 Å². The molecule has 4 nitrogen and oxygen atoms in total. The maximum Gasteiger partial charge on any atom is 0.0902 e. The summed E-state index contributed by atoms with van der Waals surface area (Å²) in [5.41, 5.74) is 7.88. The monoisotopic (exact) mass is 300 g/mol. The Hall–Kier alpha value is -0.650. The van der Waals surface area contributed by atoms with E-state index in [2.05, 4.69) is 23.8 Å². The molecule has 2 N–H and O–H groups in total. The minimum Gasteiger partial charge on any atom is -0.392 e.